The Balaban J connectivity index is 1.61. The van der Waals surface area contributed by atoms with Gasteiger partial charge in [-0.25, -0.2) is 13.1 Å². The lowest BCUT2D eigenvalue weighted by molar-refractivity contribution is -0.133. The van der Waals surface area contributed by atoms with E-state index in [1.165, 1.54) is 6.26 Å². The lowest BCUT2D eigenvalue weighted by Gasteiger charge is -2.33. The zero-order chi connectivity index (χ0) is 17.3. The first kappa shape index (κ1) is 17.2. The number of benzene rings is 1. The van der Waals surface area contributed by atoms with E-state index in [2.05, 4.69) is 4.72 Å². The van der Waals surface area contributed by atoms with Crippen molar-refractivity contribution >= 4 is 15.9 Å². The summed E-state index contributed by atoms with van der Waals surface area (Å²) >= 11 is 0. The minimum atomic E-state index is -3.25. The summed E-state index contributed by atoms with van der Waals surface area (Å²) in [6.07, 6.45) is 3.94. The number of fused-ring (bicyclic) bond motifs is 2. The van der Waals surface area contributed by atoms with Crippen molar-refractivity contribution in [1.29, 1.82) is 0 Å². The Kier molecular flexibility index (Phi) is 4.83. The second-order valence-corrected chi connectivity index (χ2v) is 8.54. The summed E-state index contributed by atoms with van der Waals surface area (Å²) in [5, 5.41) is 0. The molecule has 1 aromatic rings. The first-order valence-corrected chi connectivity index (χ1v) is 10.1. The second-order valence-electron chi connectivity index (χ2n) is 6.76. The number of ether oxygens (including phenoxy) is 1. The van der Waals surface area contributed by atoms with Gasteiger partial charge in [-0.05, 0) is 36.8 Å². The van der Waals surface area contributed by atoms with E-state index in [-0.39, 0.29) is 18.0 Å². The molecule has 1 amide bonds. The van der Waals surface area contributed by atoms with Gasteiger partial charge < -0.3 is 9.64 Å². The molecule has 1 saturated carbocycles. The Hall–Kier alpha value is -1.60. The standard InChI is InChI=1S/C17H24N2O4S/c1-23-16-6-4-3-5-13(16)7-8-17(20)19-11-12-9-14(15(19)10-12)18-24(2,21)22/h3-6,12,14-15,18H,7-11H2,1-2H3/t12-,14+,15-/m1/s1. The van der Waals surface area contributed by atoms with Gasteiger partial charge in [0.15, 0.2) is 0 Å². The maximum absolute atomic E-state index is 12.6. The summed E-state index contributed by atoms with van der Waals surface area (Å²) < 4.78 is 31.0. The van der Waals surface area contributed by atoms with Gasteiger partial charge >= 0.3 is 0 Å². The number of sulfonamides is 1. The first-order valence-electron chi connectivity index (χ1n) is 8.26. The summed E-state index contributed by atoms with van der Waals surface area (Å²) in [6.45, 7) is 0.747. The molecule has 0 spiro atoms. The van der Waals surface area contributed by atoms with E-state index in [9.17, 15) is 13.2 Å². The predicted molar refractivity (Wildman–Crippen MR) is 91.3 cm³/mol. The fraction of sp³-hybridized carbons (Fsp3) is 0.588. The van der Waals surface area contributed by atoms with Gasteiger partial charge in [0, 0.05) is 25.0 Å². The summed E-state index contributed by atoms with van der Waals surface area (Å²) in [4.78, 5) is 14.5. The van der Waals surface area contributed by atoms with E-state index < -0.39 is 10.0 Å². The molecule has 7 heteroatoms. The van der Waals surface area contributed by atoms with Gasteiger partial charge in [0.05, 0.1) is 13.4 Å². The molecule has 1 aromatic carbocycles. The van der Waals surface area contributed by atoms with Crippen molar-refractivity contribution in [3.8, 4) is 5.75 Å². The van der Waals surface area contributed by atoms with Crippen LogP contribution >= 0.6 is 0 Å². The zero-order valence-corrected chi connectivity index (χ0v) is 14.9. The number of nitrogens with zero attached hydrogens (tertiary/aromatic N) is 1. The van der Waals surface area contributed by atoms with Crippen molar-refractivity contribution in [2.75, 3.05) is 19.9 Å². The quantitative estimate of drug-likeness (QED) is 0.834. The van der Waals surface area contributed by atoms with Gasteiger partial charge in [0.2, 0.25) is 15.9 Å². The maximum Gasteiger partial charge on any atom is 0.223 e. The van der Waals surface area contributed by atoms with Gasteiger partial charge in [0.1, 0.15) is 5.75 Å². The average Bonchev–Trinajstić information content (AvgIpc) is 3.11. The average molecular weight is 352 g/mol. The van der Waals surface area contributed by atoms with Gasteiger partial charge in [0.25, 0.3) is 0 Å². The van der Waals surface area contributed by atoms with Crippen molar-refractivity contribution in [1.82, 2.24) is 9.62 Å². The lowest BCUT2D eigenvalue weighted by Crippen LogP contribution is -2.51. The second kappa shape index (κ2) is 6.72. The third-order valence-corrected chi connectivity index (χ3v) is 5.70. The number of rotatable bonds is 6. The molecule has 1 heterocycles. The van der Waals surface area contributed by atoms with Crippen molar-refractivity contribution in [2.24, 2.45) is 5.92 Å². The van der Waals surface area contributed by atoms with E-state index in [0.29, 0.717) is 18.8 Å². The Bertz CT molecular complexity index is 719. The Morgan fingerprint density at radius 2 is 2.08 bits per heavy atom. The van der Waals surface area contributed by atoms with Crippen molar-refractivity contribution in [3.63, 3.8) is 0 Å². The number of hydrogen-bond acceptors (Lipinski definition) is 4. The number of aryl methyl sites for hydroxylation is 1. The molecule has 24 heavy (non-hydrogen) atoms. The molecule has 132 valence electrons. The number of para-hydroxylation sites is 1. The lowest BCUT2D eigenvalue weighted by atomic mass is 10.0. The molecule has 0 unspecified atom stereocenters. The molecule has 2 bridgehead atoms. The van der Waals surface area contributed by atoms with Crippen LogP contribution < -0.4 is 9.46 Å². The SMILES string of the molecule is COc1ccccc1CCC(=O)N1C[C@@H]2C[C@H](NS(C)(=O)=O)[C@H]1C2. The van der Waals surface area contributed by atoms with Crippen LogP contribution in [0.2, 0.25) is 0 Å². The van der Waals surface area contributed by atoms with E-state index in [0.717, 1.165) is 30.7 Å². The van der Waals surface area contributed by atoms with Gasteiger partial charge in [-0.3, -0.25) is 4.79 Å². The number of carbonyl (C=O) groups is 1. The predicted octanol–water partition coefficient (Wildman–Crippen LogP) is 1.17. The molecule has 1 aliphatic heterocycles. The fourth-order valence-corrected chi connectivity index (χ4v) is 4.81. The normalized spacial score (nSPS) is 25.9. The molecule has 1 N–H and O–H groups in total. The molecule has 2 fully saturated rings. The molecule has 1 aliphatic carbocycles. The Morgan fingerprint density at radius 1 is 1.33 bits per heavy atom. The Labute approximate surface area is 143 Å². The largest absolute Gasteiger partial charge is 0.496 e. The molecule has 3 rings (SSSR count). The number of piperidine rings is 1. The molecule has 3 atom stereocenters. The van der Waals surface area contributed by atoms with Gasteiger partial charge in [-0.15, -0.1) is 0 Å². The number of nitrogens with one attached hydrogen (secondary N) is 1. The third-order valence-electron chi connectivity index (χ3n) is 4.97. The summed E-state index contributed by atoms with van der Waals surface area (Å²) in [5.74, 6) is 1.29. The first-order chi connectivity index (χ1) is 11.4. The highest BCUT2D eigenvalue weighted by atomic mass is 32.2. The molecule has 0 radical (unpaired) electrons. The summed E-state index contributed by atoms with van der Waals surface area (Å²) in [6, 6.07) is 7.56. The van der Waals surface area contributed by atoms with E-state index in [4.69, 9.17) is 4.74 Å². The highest BCUT2D eigenvalue weighted by Gasteiger charge is 2.47. The zero-order valence-electron chi connectivity index (χ0n) is 14.1. The van der Waals surface area contributed by atoms with Crippen LogP contribution in [-0.2, 0) is 21.2 Å². The smallest absolute Gasteiger partial charge is 0.223 e. The van der Waals surface area contributed by atoms with Gasteiger partial charge in [-0.2, -0.15) is 0 Å². The number of likely N-dealkylation sites (tertiary alicyclic amines) is 1. The highest BCUT2D eigenvalue weighted by Crippen LogP contribution is 2.38. The number of methoxy groups -OCH3 is 1. The minimum absolute atomic E-state index is 0.00473. The molecular formula is C17H24N2O4S. The van der Waals surface area contributed by atoms with Crippen molar-refractivity contribution in [3.05, 3.63) is 29.8 Å². The van der Waals surface area contributed by atoms with Crippen LogP contribution in [-0.4, -0.2) is 51.2 Å². The Morgan fingerprint density at radius 3 is 2.75 bits per heavy atom. The summed E-state index contributed by atoms with van der Waals surface area (Å²) in [7, 11) is -1.62. The van der Waals surface area contributed by atoms with Crippen LogP contribution in [0.15, 0.2) is 24.3 Å². The van der Waals surface area contributed by atoms with E-state index in [1.54, 1.807) is 7.11 Å². The van der Waals surface area contributed by atoms with Crippen molar-refractivity contribution < 1.29 is 17.9 Å². The van der Waals surface area contributed by atoms with Crippen LogP contribution in [0.1, 0.15) is 24.8 Å². The molecule has 6 nitrogen and oxygen atoms in total. The van der Waals surface area contributed by atoms with Crippen molar-refractivity contribution in [2.45, 2.75) is 37.8 Å². The van der Waals surface area contributed by atoms with Crippen LogP contribution in [0.4, 0.5) is 0 Å². The third kappa shape index (κ3) is 3.72. The number of hydrogen-bond donors (Lipinski definition) is 1. The van der Waals surface area contributed by atoms with Crippen LogP contribution in [0.25, 0.3) is 0 Å². The van der Waals surface area contributed by atoms with Crippen LogP contribution in [0.5, 0.6) is 5.75 Å². The van der Waals surface area contributed by atoms with Crippen LogP contribution in [0, 0.1) is 5.92 Å². The monoisotopic (exact) mass is 352 g/mol. The maximum atomic E-state index is 12.6. The summed E-state index contributed by atoms with van der Waals surface area (Å²) in [5.41, 5.74) is 1.02. The minimum Gasteiger partial charge on any atom is -0.496 e. The molecule has 2 aliphatic rings. The molecule has 0 aromatic heterocycles. The molecule has 1 saturated heterocycles. The molecular weight excluding hydrogens is 328 g/mol. The van der Waals surface area contributed by atoms with Gasteiger partial charge in [-0.1, -0.05) is 18.2 Å². The van der Waals surface area contributed by atoms with E-state index >= 15 is 0 Å². The topological polar surface area (TPSA) is 75.7 Å². The number of carbonyl (C=O) groups excluding carboxylic acids is 1. The van der Waals surface area contributed by atoms with E-state index in [1.807, 2.05) is 29.2 Å². The fourth-order valence-electron chi connectivity index (χ4n) is 4.01. The number of amides is 1. The van der Waals surface area contributed by atoms with Crippen LogP contribution in [0.3, 0.4) is 0 Å². The highest BCUT2D eigenvalue weighted by molar-refractivity contribution is 7.88.